The van der Waals surface area contributed by atoms with Gasteiger partial charge in [0.2, 0.25) is 0 Å². The third kappa shape index (κ3) is 3.73. The molecule has 5 heteroatoms. The summed E-state index contributed by atoms with van der Waals surface area (Å²) in [4.78, 5) is 16.0. The SMILES string of the molecule is CCCc1cnc(Cl)cc1Nc1ccccc1C(=O)NC. The highest BCUT2D eigenvalue weighted by atomic mass is 35.5. The fraction of sp³-hybridized carbons (Fsp3) is 0.250. The molecule has 21 heavy (non-hydrogen) atoms. The van der Waals surface area contributed by atoms with Gasteiger partial charge in [0, 0.05) is 18.9 Å². The lowest BCUT2D eigenvalue weighted by molar-refractivity contribution is 0.0964. The maximum atomic E-state index is 11.9. The molecule has 0 spiro atoms. The monoisotopic (exact) mass is 303 g/mol. The summed E-state index contributed by atoms with van der Waals surface area (Å²) in [6.07, 6.45) is 3.68. The molecule has 0 bridgehead atoms. The molecule has 1 aromatic carbocycles. The van der Waals surface area contributed by atoms with Crippen molar-refractivity contribution in [3.63, 3.8) is 0 Å². The molecule has 0 aliphatic carbocycles. The van der Waals surface area contributed by atoms with Crippen LogP contribution in [0.25, 0.3) is 0 Å². The van der Waals surface area contributed by atoms with E-state index in [-0.39, 0.29) is 5.91 Å². The van der Waals surface area contributed by atoms with Crippen LogP contribution in [0.1, 0.15) is 29.3 Å². The van der Waals surface area contributed by atoms with Gasteiger partial charge in [-0.15, -0.1) is 0 Å². The van der Waals surface area contributed by atoms with Crippen molar-refractivity contribution in [3.05, 3.63) is 52.8 Å². The van der Waals surface area contributed by atoms with Crippen molar-refractivity contribution >= 4 is 28.9 Å². The third-order valence-corrected chi connectivity index (χ3v) is 3.35. The minimum atomic E-state index is -0.129. The summed E-state index contributed by atoms with van der Waals surface area (Å²) >= 11 is 5.98. The van der Waals surface area contributed by atoms with Gasteiger partial charge in [0.05, 0.1) is 11.3 Å². The van der Waals surface area contributed by atoms with Crippen LogP contribution in [0.3, 0.4) is 0 Å². The molecule has 4 nitrogen and oxygen atoms in total. The number of carbonyl (C=O) groups excluding carboxylic acids is 1. The fourth-order valence-corrected chi connectivity index (χ4v) is 2.27. The second kappa shape index (κ2) is 7.09. The molecule has 110 valence electrons. The van der Waals surface area contributed by atoms with Gasteiger partial charge in [-0.3, -0.25) is 4.79 Å². The number of nitrogens with zero attached hydrogens (tertiary/aromatic N) is 1. The number of hydrogen-bond acceptors (Lipinski definition) is 3. The van der Waals surface area contributed by atoms with Crippen LogP contribution < -0.4 is 10.6 Å². The largest absolute Gasteiger partial charge is 0.355 e. The second-order valence-corrected chi connectivity index (χ2v) is 5.05. The van der Waals surface area contributed by atoms with E-state index in [2.05, 4.69) is 22.5 Å². The Hall–Kier alpha value is -2.07. The van der Waals surface area contributed by atoms with E-state index in [1.807, 2.05) is 18.2 Å². The topological polar surface area (TPSA) is 54.0 Å². The Balaban J connectivity index is 2.38. The van der Waals surface area contributed by atoms with Gasteiger partial charge in [0.15, 0.2) is 0 Å². The Kier molecular flexibility index (Phi) is 5.17. The average molecular weight is 304 g/mol. The predicted molar refractivity (Wildman–Crippen MR) is 86.4 cm³/mol. The number of aryl methyl sites for hydroxylation is 1. The van der Waals surface area contributed by atoms with Crippen molar-refractivity contribution in [2.75, 3.05) is 12.4 Å². The fourth-order valence-electron chi connectivity index (χ4n) is 2.11. The first-order valence-corrected chi connectivity index (χ1v) is 7.26. The maximum absolute atomic E-state index is 11.9. The van der Waals surface area contributed by atoms with E-state index in [0.29, 0.717) is 10.7 Å². The number of aromatic nitrogens is 1. The van der Waals surface area contributed by atoms with E-state index in [4.69, 9.17) is 11.6 Å². The quantitative estimate of drug-likeness (QED) is 0.826. The molecule has 0 atom stereocenters. The molecular weight excluding hydrogens is 286 g/mol. The minimum absolute atomic E-state index is 0.129. The van der Waals surface area contributed by atoms with Gasteiger partial charge in [0.1, 0.15) is 5.15 Å². The lowest BCUT2D eigenvalue weighted by atomic mass is 10.1. The standard InChI is InChI=1S/C16H18ClN3O/c1-3-6-11-10-19-15(17)9-14(11)20-13-8-5-4-7-12(13)16(21)18-2/h4-5,7-10H,3,6H2,1-2H3,(H,18,21)(H,19,20). The van der Waals surface area contributed by atoms with E-state index in [1.54, 1.807) is 25.4 Å². The van der Waals surface area contributed by atoms with Crippen molar-refractivity contribution in [1.82, 2.24) is 10.3 Å². The zero-order chi connectivity index (χ0) is 15.2. The number of carbonyl (C=O) groups is 1. The van der Waals surface area contributed by atoms with Gasteiger partial charge in [-0.25, -0.2) is 4.98 Å². The first kappa shape index (κ1) is 15.3. The van der Waals surface area contributed by atoms with Crippen molar-refractivity contribution in [3.8, 4) is 0 Å². The molecule has 1 heterocycles. The van der Waals surface area contributed by atoms with Crippen LogP contribution >= 0.6 is 11.6 Å². The van der Waals surface area contributed by atoms with Crippen LogP contribution in [0.5, 0.6) is 0 Å². The van der Waals surface area contributed by atoms with E-state index in [9.17, 15) is 4.79 Å². The number of para-hydroxylation sites is 1. The lowest BCUT2D eigenvalue weighted by Gasteiger charge is -2.14. The van der Waals surface area contributed by atoms with Crippen LogP contribution in [0.15, 0.2) is 36.5 Å². The summed E-state index contributed by atoms with van der Waals surface area (Å²) in [5.41, 5.74) is 3.30. The summed E-state index contributed by atoms with van der Waals surface area (Å²) in [5, 5.41) is 6.36. The molecule has 0 unspecified atom stereocenters. The number of hydrogen-bond donors (Lipinski definition) is 2. The highest BCUT2D eigenvalue weighted by Gasteiger charge is 2.11. The molecule has 2 rings (SSSR count). The molecule has 1 aromatic heterocycles. The van der Waals surface area contributed by atoms with E-state index in [0.717, 1.165) is 29.8 Å². The van der Waals surface area contributed by atoms with Crippen LogP contribution in [-0.4, -0.2) is 17.9 Å². The Bertz CT molecular complexity index is 643. The normalized spacial score (nSPS) is 10.2. The Morgan fingerprint density at radius 2 is 2.05 bits per heavy atom. The number of benzene rings is 1. The van der Waals surface area contributed by atoms with Crippen molar-refractivity contribution in [2.24, 2.45) is 0 Å². The zero-order valence-corrected chi connectivity index (χ0v) is 12.9. The lowest BCUT2D eigenvalue weighted by Crippen LogP contribution is -2.19. The van der Waals surface area contributed by atoms with Crippen molar-refractivity contribution in [1.29, 1.82) is 0 Å². The molecule has 0 radical (unpaired) electrons. The molecule has 0 saturated heterocycles. The van der Waals surface area contributed by atoms with Crippen LogP contribution in [0.2, 0.25) is 5.15 Å². The number of amides is 1. The van der Waals surface area contributed by atoms with Crippen molar-refractivity contribution < 1.29 is 4.79 Å². The summed E-state index contributed by atoms with van der Waals surface area (Å²) in [6, 6.07) is 9.16. The van der Waals surface area contributed by atoms with Crippen LogP contribution in [-0.2, 0) is 6.42 Å². The number of halogens is 1. The third-order valence-electron chi connectivity index (χ3n) is 3.14. The van der Waals surface area contributed by atoms with Crippen LogP contribution in [0, 0.1) is 0 Å². The minimum Gasteiger partial charge on any atom is -0.355 e. The molecule has 0 saturated carbocycles. The number of nitrogens with one attached hydrogen (secondary N) is 2. The highest BCUT2D eigenvalue weighted by molar-refractivity contribution is 6.29. The molecule has 1 amide bonds. The summed E-state index contributed by atoms with van der Waals surface area (Å²) in [6.45, 7) is 2.11. The first-order valence-electron chi connectivity index (χ1n) is 6.88. The van der Waals surface area contributed by atoms with Gasteiger partial charge in [-0.05, 0) is 30.2 Å². The first-order chi connectivity index (χ1) is 10.2. The zero-order valence-electron chi connectivity index (χ0n) is 12.1. The van der Waals surface area contributed by atoms with Gasteiger partial charge in [-0.1, -0.05) is 37.1 Å². The smallest absolute Gasteiger partial charge is 0.253 e. The van der Waals surface area contributed by atoms with Gasteiger partial charge >= 0.3 is 0 Å². The van der Waals surface area contributed by atoms with Crippen molar-refractivity contribution in [2.45, 2.75) is 19.8 Å². The maximum Gasteiger partial charge on any atom is 0.253 e. The number of anilines is 2. The second-order valence-electron chi connectivity index (χ2n) is 4.66. The number of pyridine rings is 1. The van der Waals surface area contributed by atoms with E-state index >= 15 is 0 Å². The molecule has 2 aromatic rings. The Morgan fingerprint density at radius 3 is 2.76 bits per heavy atom. The van der Waals surface area contributed by atoms with E-state index in [1.165, 1.54) is 0 Å². The summed E-state index contributed by atoms with van der Waals surface area (Å²) in [7, 11) is 1.62. The molecular formula is C16H18ClN3O. The molecule has 0 aliphatic rings. The van der Waals surface area contributed by atoms with Gasteiger partial charge in [-0.2, -0.15) is 0 Å². The highest BCUT2D eigenvalue weighted by Crippen LogP contribution is 2.26. The number of rotatable bonds is 5. The summed E-state index contributed by atoms with van der Waals surface area (Å²) in [5.74, 6) is -0.129. The summed E-state index contributed by atoms with van der Waals surface area (Å²) < 4.78 is 0. The van der Waals surface area contributed by atoms with Crippen LogP contribution in [0.4, 0.5) is 11.4 Å². The average Bonchev–Trinajstić information content (AvgIpc) is 2.50. The Labute approximate surface area is 129 Å². The molecule has 2 N–H and O–H groups in total. The van der Waals surface area contributed by atoms with Gasteiger partial charge in [0.25, 0.3) is 5.91 Å². The Morgan fingerprint density at radius 1 is 1.29 bits per heavy atom. The van der Waals surface area contributed by atoms with Gasteiger partial charge < -0.3 is 10.6 Å². The predicted octanol–water partition coefficient (Wildman–Crippen LogP) is 3.79. The molecule has 0 aliphatic heterocycles. The van der Waals surface area contributed by atoms with E-state index < -0.39 is 0 Å². The molecule has 0 fully saturated rings.